The van der Waals surface area contributed by atoms with Crippen molar-refractivity contribution in [3.05, 3.63) is 252 Å². The fraction of sp³-hybridized carbons (Fsp3) is 0.267. The molecule has 0 saturated heterocycles. The zero-order chi connectivity index (χ0) is 67.9. The second kappa shape index (κ2) is 21.7. The monoisotopic (exact) mass is 1280 g/mol. The molecule has 11 aromatic carbocycles. The smallest absolute Gasteiger partial charge is 0.252 e. The van der Waals surface area contributed by atoms with Gasteiger partial charge in [-0.25, -0.2) is 0 Å². The third-order valence-electron chi connectivity index (χ3n) is 21.1. The van der Waals surface area contributed by atoms with Crippen LogP contribution in [0.5, 0.6) is 0 Å². The summed E-state index contributed by atoms with van der Waals surface area (Å²) in [6.45, 7) is 42.3. The summed E-state index contributed by atoms with van der Waals surface area (Å²) >= 11 is 1.86. The third kappa shape index (κ3) is 10.3. The molecule has 16 rings (SSSR count). The summed E-state index contributed by atoms with van der Waals surface area (Å²) in [6.07, 6.45) is 0. The molecule has 97 heavy (non-hydrogen) atoms. The highest BCUT2D eigenvalue weighted by molar-refractivity contribution is 7.99. The van der Waals surface area contributed by atoms with E-state index in [4.69, 9.17) is 0 Å². The summed E-state index contributed by atoms with van der Waals surface area (Å²) < 4.78 is 5.07. The highest BCUT2D eigenvalue weighted by Crippen LogP contribution is 2.56. The van der Waals surface area contributed by atoms with E-state index in [2.05, 4.69) is 367 Å². The minimum atomic E-state index is -0.183. The molecule has 0 amide bonds. The van der Waals surface area contributed by atoms with Crippen LogP contribution in [0.1, 0.15) is 158 Å². The van der Waals surface area contributed by atoms with Crippen LogP contribution in [0.15, 0.2) is 228 Å². The van der Waals surface area contributed by atoms with Gasteiger partial charge in [-0.3, -0.25) is 0 Å². The number of aromatic nitrogens is 2. The first-order chi connectivity index (χ1) is 45.9. The van der Waals surface area contributed by atoms with Crippen molar-refractivity contribution in [1.82, 2.24) is 9.13 Å². The van der Waals surface area contributed by atoms with Gasteiger partial charge in [-0.05, 0) is 204 Å². The molecule has 5 heterocycles. The Kier molecular flexibility index (Phi) is 14.0. The van der Waals surface area contributed by atoms with E-state index in [1.54, 1.807) is 0 Å². The standard InChI is InChI=1S/C90H90BN5S/c1-85(2,3)55-35-41-74-68(49-55)69-50-56(86(4,5)6)36-42-75(69)93(74)62-38-40-71-79(52-62)96(64-47-59(89(13,14)15)44-60(48-64)90(16,17)18)81-54-65(94-76-31-23-25-33-82(76)97-83-34-26-24-32-77(83)94)53-80-84(81)91(71)70-39-37-61(92-72-29-21-19-27-66(72)67-28-20-22-30-73(67)92)51-78(70)95(80)63-45-57(87(7,8)9)43-58(46-63)88(10,11)12/h19-54H,1-18H3. The maximum atomic E-state index is 2.70. The van der Waals surface area contributed by atoms with E-state index in [1.165, 1.54) is 132 Å². The first-order valence-corrected chi connectivity index (χ1v) is 35.8. The van der Waals surface area contributed by atoms with Crippen molar-refractivity contribution >= 4 is 130 Å². The van der Waals surface area contributed by atoms with Crippen LogP contribution >= 0.6 is 11.8 Å². The number of rotatable bonds is 5. The fourth-order valence-electron chi connectivity index (χ4n) is 15.5. The number of para-hydroxylation sites is 4. The van der Waals surface area contributed by atoms with E-state index < -0.39 is 0 Å². The van der Waals surface area contributed by atoms with E-state index in [1.807, 2.05) is 11.8 Å². The number of benzene rings is 11. The van der Waals surface area contributed by atoms with Gasteiger partial charge in [0.05, 0.1) is 39.1 Å². The number of fused-ring (bicyclic) bond motifs is 12. The minimum absolute atomic E-state index is 0.0350. The Morgan fingerprint density at radius 3 is 0.948 bits per heavy atom. The zero-order valence-electron chi connectivity index (χ0n) is 60.0. The Morgan fingerprint density at radius 2 is 0.567 bits per heavy atom. The molecule has 13 aromatic rings. The molecule has 3 aliphatic rings. The van der Waals surface area contributed by atoms with Gasteiger partial charge in [0.25, 0.3) is 6.71 Å². The van der Waals surface area contributed by atoms with E-state index in [-0.39, 0.29) is 39.2 Å². The maximum Gasteiger partial charge on any atom is 0.252 e. The van der Waals surface area contributed by atoms with Gasteiger partial charge in [-0.1, -0.05) is 233 Å². The Hall–Kier alpha value is -9.17. The van der Waals surface area contributed by atoms with Crippen molar-refractivity contribution in [2.24, 2.45) is 0 Å². The molecule has 484 valence electrons. The number of nitrogens with zero attached hydrogens (tertiary/aromatic N) is 5. The molecule has 0 saturated carbocycles. The van der Waals surface area contributed by atoms with E-state index >= 15 is 0 Å². The molecular weight excluding hydrogens is 1190 g/mol. The quantitative estimate of drug-likeness (QED) is 0.160. The van der Waals surface area contributed by atoms with Gasteiger partial charge >= 0.3 is 0 Å². The van der Waals surface area contributed by atoms with Gasteiger partial charge in [0.1, 0.15) is 0 Å². The van der Waals surface area contributed by atoms with Gasteiger partial charge in [0, 0.05) is 76.8 Å². The summed E-state index contributed by atoms with van der Waals surface area (Å²) in [5.41, 5.74) is 28.4. The average molecular weight is 1280 g/mol. The summed E-state index contributed by atoms with van der Waals surface area (Å²) in [5, 5.41) is 5.05. The minimum Gasteiger partial charge on any atom is -0.311 e. The lowest BCUT2D eigenvalue weighted by atomic mass is 9.33. The second-order valence-corrected chi connectivity index (χ2v) is 35.2. The van der Waals surface area contributed by atoms with Crippen LogP contribution in [0.25, 0.3) is 55.0 Å². The van der Waals surface area contributed by atoms with Crippen molar-refractivity contribution in [3.63, 3.8) is 0 Å². The Balaban J connectivity index is 1.08. The first kappa shape index (κ1) is 62.6. The molecule has 0 spiro atoms. The van der Waals surface area contributed by atoms with Crippen LogP contribution in [0.4, 0.5) is 51.2 Å². The molecule has 3 aliphatic heterocycles. The predicted octanol–water partition coefficient (Wildman–Crippen LogP) is 23.7. The lowest BCUT2D eigenvalue weighted by Crippen LogP contribution is -2.61. The number of hydrogen-bond acceptors (Lipinski definition) is 4. The highest BCUT2D eigenvalue weighted by atomic mass is 32.2. The summed E-state index contributed by atoms with van der Waals surface area (Å²) in [6, 6.07) is 85.5. The number of anilines is 9. The van der Waals surface area contributed by atoms with E-state index in [0.717, 1.165) is 34.1 Å². The molecule has 0 bridgehead atoms. The van der Waals surface area contributed by atoms with Crippen molar-refractivity contribution in [1.29, 1.82) is 0 Å². The Bertz CT molecular complexity index is 5190. The third-order valence-corrected chi connectivity index (χ3v) is 22.3. The topological polar surface area (TPSA) is 19.6 Å². The molecule has 2 aromatic heterocycles. The van der Waals surface area contributed by atoms with Crippen molar-refractivity contribution in [3.8, 4) is 11.4 Å². The molecule has 0 aliphatic carbocycles. The highest BCUT2D eigenvalue weighted by Gasteiger charge is 2.46. The molecule has 0 N–H and O–H groups in total. The normalized spacial score (nSPS) is 14.2. The molecule has 0 unspecified atom stereocenters. The molecule has 5 nitrogen and oxygen atoms in total. The van der Waals surface area contributed by atoms with Gasteiger partial charge < -0.3 is 23.8 Å². The average Bonchev–Trinajstić information content (AvgIpc) is 1.08. The summed E-state index contributed by atoms with van der Waals surface area (Å²) in [4.78, 5) is 10.4. The van der Waals surface area contributed by atoms with Gasteiger partial charge in [0.2, 0.25) is 0 Å². The SMILES string of the molecule is CC(C)(C)c1cc(N2c3cc(-n4c5ccccc5c5ccccc54)ccc3B3c4ccc(-n5c6ccc(C(C)(C)C)cc6c6cc(C(C)(C)C)ccc65)cc4N(c4cc(C(C)(C)C)cc(C(C)(C)C)c4)c4cc(N5c6ccccc6Sc6ccccc65)cc2c43)cc(C(C)(C)C)c1. The van der Waals surface area contributed by atoms with Crippen LogP contribution in [0, 0.1) is 0 Å². The second-order valence-electron chi connectivity index (χ2n) is 34.1. The van der Waals surface area contributed by atoms with Crippen LogP contribution < -0.4 is 31.1 Å². The lowest BCUT2D eigenvalue weighted by Gasteiger charge is -2.46. The van der Waals surface area contributed by atoms with Crippen LogP contribution in [0.2, 0.25) is 0 Å². The van der Waals surface area contributed by atoms with Crippen molar-refractivity contribution in [2.75, 3.05) is 14.7 Å². The Labute approximate surface area is 579 Å². The van der Waals surface area contributed by atoms with Crippen LogP contribution in [-0.4, -0.2) is 15.8 Å². The summed E-state index contributed by atoms with van der Waals surface area (Å²) in [5.74, 6) is 0. The van der Waals surface area contributed by atoms with Crippen LogP contribution in [0.3, 0.4) is 0 Å². The predicted molar refractivity (Wildman–Crippen MR) is 420 cm³/mol. The fourth-order valence-corrected chi connectivity index (χ4v) is 16.6. The van der Waals surface area contributed by atoms with E-state index in [0.29, 0.717) is 0 Å². The number of hydrogen-bond donors (Lipinski definition) is 0. The lowest BCUT2D eigenvalue weighted by molar-refractivity contribution is 0.568. The maximum absolute atomic E-state index is 2.70. The van der Waals surface area contributed by atoms with Crippen molar-refractivity contribution < 1.29 is 0 Å². The summed E-state index contributed by atoms with van der Waals surface area (Å²) in [7, 11) is 0. The van der Waals surface area contributed by atoms with Gasteiger partial charge in [0.15, 0.2) is 0 Å². The molecule has 7 heteroatoms. The van der Waals surface area contributed by atoms with Crippen LogP contribution in [-0.2, 0) is 32.5 Å². The zero-order valence-corrected chi connectivity index (χ0v) is 60.8. The van der Waals surface area contributed by atoms with Gasteiger partial charge in [-0.15, -0.1) is 0 Å². The molecular formula is C90H90BN5S. The first-order valence-electron chi connectivity index (χ1n) is 35.0. The largest absolute Gasteiger partial charge is 0.311 e. The van der Waals surface area contributed by atoms with Crippen molar-refractivity contribution in [2.45, 2.75) is 167 Å². The molecule has 0 atom stereocenters. The Morgan fingerprint density at radius 1 is 0.247 bits per heavy atom. The van der Waals surface area contributed by atoms with E-state index in [9.17, 15) is 0 Å². The molecule has 0 fully saturated rings. The molecule has 0 radical (unpaired) electrons. The van der Waals surface area contributed by atoms with Gasteiger partial charge in [-0.2, -0.15) is 0 Å².